The third-order valence-electron chi connectivity index (χ3n) is 6.67. The smallest absolute Gasteiger partial charge is 0.490 e. The molecular formula is C28H30F3N5O4. The fourth-order valence-corrected chi connectivity index (χ4v) is 4.62. The molecule has 3 heterocycles. The monoisotopic (exact) mass is 557 g/mol. The van der Waals surface area contributed by atoms with Crippen LogP contribution in [-0.2, 0) is 4.79 Å². The highest BCUT2D eigenvalue weighted by atomic mass is 19.4. The molecule has 2 aromatic heterocycles. The highest BCUT2D eigenvalue weighted by Crippen LogP contribution is 2.31. The standard InChI is InChI=1S/C26H29N5O2.C2HF3O2/c1-33-25-5-3-2-4-23(25)24-11-10-22-18-27-26(29-31(22)24)28-21-8-6-19(7-9-21)20-12-14-30(15-13-20)16-17-32;3-2(4,5)1(6)7/h2-11,18,20,32H,12-17H2,1H3,(H,28,29);(H,6,7). The van der Waals surface area contributed by atoms with Gasteiger partial charge in [-0.25, -0.2) is 14.3 Å². The molecule has 1 aliphatic heterocycles. The number of aromatic nitrogens is 3. The third kappa shape index (κ3) is 7.07. The molecule has 0 aliphatic carbocycles. The van der Waals surface area contributed by atoms with E-state index in [2.05, 4.69) is 39.5 Å². The number of anilines is 2. The van der Waals surface area contributed by atoms with E-state index in [1.165, 1.54) is 5.56 Å². The van der Waals surface area contributed by atoms with Gasteiger partial charge in [-0.05, 0) is 73.8 Å². The number of hydrogen-bond acceptors (Lipinski definition) is 7. The molecule has 0 amide bonds. The van der Waals surface area contributed by atoms with Crippen LogP contribution < -0.4 is 10.1 Å². The first-order chi connectivity index (χ1) is 19.2. The summed E-state index contributed by atoms with van der Waals surface area (Å²) >= 11 is 0. The SMILES string of the molecule is COc1ccccc1-c1ccc2cnc(Nc3ccc(C4CCN(CCO)CC4)cc3)nn12.O=C(O)C(F)(F)F. The molecule has 5 rings (SSSR count). The number of nitrogens with zero attached hydrogens (tertiary/aromatic N) is 4. The van der Waals surface area contributed by atoms with E-state index >= 15 is 0 Å². The van der Waals surface area contributed by atoms with E-state index in [0.29, 0.717) is 11.9 Å². The van der Waals surface area contributed by atoms with E-state index in [1.807, 2.05) is 47.1 Å². The number of hydrogen-bond donors (Lipinski definition) is 3. The van der Waals surface area contributed by atoms with Gasteiger partial charge in [-0.15, -0.1) is 5.10 Å². The summed E-state index contributed by atoms with van der Waals surface area (Å²) in [6.45, 7) is 3.11. The van der Waals surface area contributed by atoms with Crippen molar-refractivity contribution in [3.8, 4) is 17.0 Å². The Labute approximate surface area is 228 Å². The number of methoxy groups -OCH3 is 1. The number of para-hydroxylation sites is 1. The predicted molar refractivity (Wildman–Crippen MR) is 144 cm³/mol. The van der Waals surface area contributed by atoms with Crippen molar-refractivity contribution in [2.45, 2.75) is 24.9 Å². The first-order valence-corrected chi connectivity index (χ1v) is 12.7. The van der Waals surface area contributed by atoms with Crippen molar-refractivity contribution in [1.29, 1.82) is 0 Å². The second-order valence-electron chi connectivity index (χ2n) is 9.23. The molecular weight excluding hydrogens is 527 g/mol. The molecule has 0 spiro atoms. The zero-order valence-electron chi connectivity index (χ0n) is 21.8. The molecule has 1 fully saturated rings. The number of nitrogens with one attached hydrogen (secondary N) is 1. The molecule has 3 N–H and O–H groups in total. The molecule has 0 unspecified atom stereocenters. The average molecular weight is 558 g/mol. The second-order valence-corrected chi connectivity index (χ2v) is 9.23. The van der Waals surface area contributed by atoms with E-state index in [0.717, 1.165) is 60.7 Å². The Morgan fingerprint density at radius 3 is 2.38 bits per heavy atom. The van der Waals surface area contributed by atoms with Crippen LogP contribution in [0.3, 0.4) is 0 Å². The van der Waals surface area contributed by atoms with Crippen LogP contribution in [0.15, 0.2) is 66.9 Å². The fourth-order valence-electron chi connectivity index (χ4n) is 4.62. The number of fused-ring (bicyclic) bond motifs is 1. The zero-order chi connectivity index (χ0) is 28.7. The third-order valence-corrected chi connectivity index (χ3v) is 6.67. The van der Waals surface area contributed by atoms with Crippen molar-refractivity contribution in [1.82, 2.24) is 19.5 Å². The van der Waals surface area contributed by atoms with Gasteiger partial charge in [0.25, 0.3) is 0 Å². The van der Waals surface area contributed by atoms with Crippen molar-refractivity contribution >= 4 is 23.1 Å². The lowest BCUT2D eigenvalue weighted by Crippen LogP contribution is -2.34. The van der Waals surface area contributed by atoms with Gasteiger partial charge in [-0.2, -0.15) is 13.2 Å². The highest BCUT2D eigenvalue weighted by Gasteiger charge is 2.38. The number of rotatable bonds is 7. The summed E-state index contributed by atoms with van der Waals surface area (Å²) in [4.78, 5) is 15.7. The van der Waals surface area contributed by atoms with Crippen molar-refractivity contribution in [2.75, 3.05) is 38.7 Å². The zero-order valence-corrected chi connectivity index (χ0v) is 21.8. The lowest BCUT2D eigenvalue weighted by molar-refractivity contribution is -0.192. The summed E-state index contributed by atoms with van der Waals surface area (Å²) in [5, 5.41) is 24.3. The van der Waals surface area contributed by atoms with Gasteiger partial charge < -0.3 is 25.2 Å². The van der Waals surface area contributed by atoms with E-state index < -0.39 is 12.1 Å². The van der Waals surface area contributed by atoms with Gasteiger partial charge in [0, 0.05) is 17.8 Å². The number of aliphatic hydroxyl groups is 1. The van der Waals surface area contributed by atoms with E-state index in [4.69, 9.17) is 24.8 Å². The number of aliphatic hydroxyl groups excluding tert-OH is 1. The Morgan fingerprint density at radius 1 is 1.07 bits per heavy atom. The van der Waals surface area contributed by atoms with Crippen molar-refractivity contribution in [3.63, 3.8) is 0 Å². The molecule has 40 heavy (non-hydrogen) atoms. The maximum absolute atomic E-state index is 10.6. The topological polar surface area (TPSA) is 112 Å². The number of carboxylic acids is 1. The molecule has 9 nitrogen and oxygen atoms in total. The van der Waals surface area contributed by atoms with E-state index in [9.17, 15) is 13.2 Å². The van der Waals surface area contributed by atoms with Crippen LogP contribution >= 0.6 is 0 Å². The number of β-amino-alcohol motifs (C(OH)–C–C–N with tert-alkyl or cyclic N) is 1. The summed E-state index contributed by atoms with van der Waals surface area (Å²) in [6, 6.07) is 20.6. The minimum atomic E-state index is -5.08. The molecule has 12 heteroatoms. The van der Waals surface area contributed by atoms with Gasteiger partial charge in [0.1, 0.15) is 5.75 Å². The fraction of sp³-hybridized carbons (Fsp3) is 0.321. The van der Waals surface area contributed by atoms with Crippen LogP contribution in [0, 0.1) is 0 Å². The number of likely N-dealkylation sites (tertiary alicyclic amines) is 1. The molecule has 2 aromatic carbocycles. The molecule has 1 saturated heterocycles. The summed E-state index contributed by atoms with van der Waals surface area (Å²) in [5.74, 6) is -0.833. The molecule has 1 aliphatic rings. The van der Waals surface area contributed by atoms with Crippen molar-refractivity contribution in [3.05, 3.63) is 72.4 Å². The molecule has 4 aromatic rings. The number of benzene rings is 2. The Hall–Kier alpha value is -4.16. The summed E-state index contributed by atoms with van der Waals surface area (Å²) in [6.07, 6.45) is -0.999. The number of alkyl halides is 3. The van der Waals surface area contributed by atoms with Crippen LogP contribution in [0.4, 0.5) is 24.8 Å². The van der Waals surface area contributed by atoms with Crippen LogP contribution in [0.25, 0.3) is 16.8 Å². The Morgan fingerprint density at radius 2 is 1.75 bits per heavy atom. The van der Waals surface area contributed by atoms with Gasteiger partial charge in [0.2, 0.25) is 5.95 Å². The predicted octanol–water partition coefficient (Wildman–Crippen LogP) is 4.95. The maximum Gasteiger partial charge on any atom is 0.490 e. The van der Waals surface area contributed by atoms with Crippen molar-refractivity contribution < 1.29 is 32.9 Å². The van der Waals surface area contributed by atoms with Gasteiger partial charge in [0.15, 0.2) is 0 Å². The maximum atomic E-state index is 10.6. The number of ether oxygens (including phenoxy) is 1. The van der Waals surface area contributed by atoms with Gasteiger partial charge in [-0.1, -0.05) is 24.3 Å². The van der Waals surface area contributed by atoms with Crippen LogP contribution in [0.2, 0.25) is 0 Å². The van der Waals surface area contributed by atoms with Crippen LogP contribution in [0.5, 0.6) is 5.75 Å². The average Bonchev–Trinajstić information content (AvgIpc) is 3.37. The van der Waals surface area contributed by atoms with E-state index in [1.54, 1.807) is 7.11 Å². The quantitative estimate of drug-likeness (QED) is 0.293. The minimum absolute atomic E-state index is 0.238. The number of carbonyl (C=O) groups is 1. The normalized spacial score (nSPS) is 14.4. The summed E-state index contributed by atoms with van der Waals surface area (Å²) < 4.78 is 39.2. The molecule has 0 radical (unpaired) electrons. The second kappa shape index (κ2) is 12.8. The number of halogens is 3. The minimum Gasteiger partial charge on any atom is -0.496 e. The largest absolute Gasteiger partial charge is 0.496 e. The molecule has 212 valence electrons. The van der Waals surface area contributed by atoms with Crippen LogP contribution in [-0.4, -0.2) is 75.2 Å². The van der Waals surface area contributed by atoms with Gasteiger partial charge in [-0.3, -0.25) is 0 Å². The lowest BCUT2D eigenvalue weighted by Gasteiger charge is -2.31. The lowest BCUT2D eigenvalue weighted by atomic mass is 9.89. The Bertz CT molecular complexity index is 1420. The Kier molecular flexibility index (Phi) is 9.22. The van der Waals surface area contributed by atoms with Gasteiger partial charge >= 0.3 is 12.1 Å². The van der Waals surface area contributed by atoms with E-state index in [-0.39, 0.29) is 6.61 Å². The highest BCUT2D eigenvalue weighted by molar-refractivity contribution is 5.73. The molecule has 0 bridgehead atoms. The number of aliphatic carboxylic acids is 1. The van der Waals surface area contributed by atoms with Crippen LogP contribution in [0.1, 0.15) is 24.3 Å². The number of piperidine rings is 1. The van der Waals surface area contributed by atoms with Gasteiger partial charge in [0.05, 0.1) is 31.1 Å². The first kappa shape index (κ1) is 28.8. The van der Waals surface area contributed by atoms with Crippen molar-refractivity contribution in [2.24, 2.45) is 0 Å². The Balaban J connectivity index is 0.000000470. The molecule has 0 atom stereocenters. The summed E-state index contributed by atoms with van der Waals surface area (Å²) in [5.41, 5.74) is 5.19. The molecule has 0 saturated carbocycles. The number of carboxylic acid groups (broad SMARTS) is 1. The summed E-state index contributed by atoms with van der Waals surface area (Å²) in [7, 11) is 1.68. The first-order valence-electron chi connectivity index (χ1n) is 12.7.